The summed E-state index contributed by atoms with van der Waals surface area (Å²) >= 11 is 1.50. The molecule has 0 bridgehead atoms. The van der Waals surface area contributed by atoms with Gasteiger partial charge in [-0.2, -0.15) is 11.8 Å². The summed E-state index contributed by atoms with van der Waals surface area (Å²) in [4.78, 5) is 97.6. The minimum absolute atomic E-state index is 0.0000882. The Bertz CT molecular complexity index is 1610. The van der Waals surface area contributed by atoms with Crippen LogP contribution in [0.5, 0.6) is 0 Å². The van der Waals surface area contributed by atoms with Crippen LogP contribution in [0.4, 0.5) is 0 Å². The highest BCUT2D eigenvalue weighted by atomic mass is 32.2. The normalized spacial score (nSPS) is 19.4. The first-order valence-corrected chi connectivity index (χ1v) is 19.1. The lowest BCUT2D eigenvalue weighted by atomic mass is 9.88. The van der Waals surface area contributed by atoms with Crippen molar-refractivity contribution in [3.8, 4) is 0 Å². The molecule has 2 saturated heterocycles. The van der Waals surface area contributed by atoms with Crippen molar-refractivity contribution in [2.24, 2.45) is 23.3 Å². The van der Waals surface area contributed by atoms with Gasteiger partial charge in [0.25, 0.3) is 0 Å². The first kappa shape index (κ1) is 40.1. The lowest BCUT2D eigenvalue weighted by Gasteiger charge is -2.38. The predicted molar refractivity (Wildman–Crippen MR) is 197 cm³/mol. The molecular formula is C38H50N6O7S. The Hall–Kier alpha value is -4.72. The molecule has 4 rings (SSSR count). The van der Waals surface area contributed by atoms with E-state index in [1.807, 2.05) is 26.2 Å². The van der Waals surface area contributed by atoms with Gasteiger partial charge in [-0.1, -0.05) is 74.5 Å². The van der Waals surface area contributed by atoms with Gasteiger partial charge in [-0.05, 0) is 54.7 Å². The zero-order valence-electron chi connectivity index (χ0n) is 30.0. The Morgan fingerprint density at radius 2 is 1.50 bits per heavy atom. The molecule has 6 amide bonds. The number of nitrogens with two attached hydrogens (primary N) is 2. The Morgan fingerprint density at radius 1 is 0.904 bits per heavy atom. The number of primary amides is 2. The van der Waals surface area contributed by atoms with E-state index in [0.717, 1.165) is 0 Å². The third kappa shape index (κ3) is 10.2. The second kappa shape index (κ2) is 18.7. The van der Waals surface area contributed by atoms with Crippen molar-refractivity contribution >= 4 is 53.0 Å². The molecule has 0 spiro atoms. The third-order valence-electron chi connectivity index (χ3n) is 9.65. The molecule has 6 atom stereocenters. The predicted octanol–water partition coefficient (Wildman–Crippen LogP) is 1.36. The van der Waals surface area contributed by atoms with Gasteiger partial charge in [-0.25, -0.2) is 0 Å². The van der Waals surface area contributed by atoms with Gasteiger partial charge >= 0.3 is 0 Å². The fourth-order valence-corrected chi connectivity index (χ4v) is 7.44. The lowest BCUT2D eigenvalue weighted by Crippen LogP contribution is -2.61. The third-order valence-corrected chi connectivity index (χ3v) is 10.3. The summed E-state index contributed by atoms with van der Waals surface area (Å²) < 4.78 is 0. The summed E-state index contributed by atoms with van der Waals surface area (Å²) in [6.07, 6.45) is 2.78. The van der Waals surface area contributed by atoms with E-state index in [1.165, 1.54) is 21.6 Å². The standard InChI is InChI=1S/C38H50N6O7S/c1-23(2)20-31(36(49)42-27(34(39)47)17-19-52-3)43-18-16-26(37(43)50)33(46)29(21-24-10-6-4-7-11-24)44(38(51)28-14-15-32(45)41-28)30(35(40)48)22-25-12-8-5-9-13-25/h4-13,23,26-31H,14-22H2,1-3H3,(H2,39,47)(H2,40,48)(H,41,45)(H,42,49)/t26-,27+,28+,29+,30+,31+/m1/s1. The van der Waals surface area contributed by atoms with Gasteiger partial charge in [0.15, 0.2) is 5.78 Å². The quantitative estimate of drug-likeness (QED) is 0.155. The largest absolute Gasteiger partial charge is 0.368 e. The number of hydrogen-bond acceptors (Lipinski definition) is 8. The molecule has 2 aliphatic rings. The fourth-order valence-electron chi connectivity index (χ4n) is 6.97. The maximum absolute atomic E-state index is 14.9. The first-order chi connectivity index (χ1) is 24.8. The van der Waals surface area contributed by atoms with E-state index in [1.54, 1.807) is 54.6 Å². The van der Waals surface area contributed by atoms with E-state index < -0.39 is 71.4 Å². The number of thioether (sulfide) groups is 1. The molecule has 0 aromatic heterocycles. The molecule has 2 aromatic rings. The van der Waals surface area contributed by atoms with E-state index in [-0.39, 0.29) is 56.9 Å². The fraction of sp³-hybridized carbons (Fsp3) is 0.500. The second-order valence-electron chi connectivity index (χ2n) is 13.9. The number of benzene rings is 2. The van der Waals surface area contributed by atoms with Crippen LogP contribution >= 0.6 is 11.8 Å². The SMILES string of the molecule is CSCC[C@H](NC(=O)[C@H](CC(C)C)N1CC[C@H](C(=O)[C@H](Cc2ccccc2)N(C(=O)[C@@H]2CCC(=O)N2)[C@@H](Cc2ccccc2)C(N)=O)C1=O)C(N)=O. The van der Waals surface area contributed by atoms with Crippen molar-refractivity contribution < 1.29 is 33.6 Å². The average molecular weight is 735 g/mol. The molecule has 280 valence electrons. The van der Waals surface area contributed by atoms with Gasteiger partial charge in [0.05, 0.1) is 6.04 Å². The van der Waals surface area contributed by atoms with Crippen molar-refractivity contribution in [1.82, 2.24) is 20.4 Å². The summed E-state index contributed by atoms with van der Waals surface area (Å²) in [5.74, 6) is -4.87. The molecule has 2 aliphatic heterocycles. The zero-order chi connectivity index (χ0) is 37.9. The van der Waals surface area contributed by atoms with Crippen LogP contribution in [0, 0.1) is 11.8 Å². The number of likely N-dealkylation sites (tertiary alicyclic amines) is 1. The van der Waals surface area contributed by atoms with Crippen molar-refractivity contribution in [2.45, 2.75) is 89.0 Å². The highest BCUT2D eigenvalue weighted by molar-refractivity contribution is 7.98. The number of nitrogens with one attached hydrogen (secondary N) is 2. The summed E-state index contributed by atoms with van der Waals surface area (Å²) in [5, 5.41) is 5.40. The summed E-state index contributed by atoms with van der Waals surface area (Å²) in [6.45, 7) is 3.89. The Morgan fingerprint density at radius 3 is 2.00 bits per heavy atom. The van der Waals surface area contributed by atoms with Gasteiger partial charge in [0.1, 0.15) is 30.1 Å². The van der Waals surface area contributed by atoms with Crippen molar-refractivity contribution in [3.63, 3.8) is 0 Å². The maximum atomic E-state index is 14.9. The monoisotopic (exact) mass is 734 g/mol. The number of hydrogen-bond donors (Lipinski definition) is 4. The van der Waals surface area contributed by atoms with Crippen molar-refractivity contribution in [1.29, 1.82) is 0 Å². The molecule has 2 heterocycles. The maximum Gasteiger partial charge on any atom is 0.246 e. The molecule has 2 fully saturated rings. The Balaban J connectivity index is 1.73. The minimum atomic E-state index is -1.31. The molecule has 0 aliphatic carbocycles. The minimum Gasteiger partial charge on any atom is -0.368 e. The van der Waals surface area contributed by atoms with Crippen LogP contribution in [0.1, 0.15) is 57.1 Å². The molecule has 13 nitrogen and oxygen atoms in total. The van der Waals surface area contributed by atoms with Crippen molar-refractivity contribution in [3.05, 3.63) is 71.8 Å². The molecule has 14 heteroatoms. The van der Waals surface area contributed by atoms with Gasteiger partial charge < -0.3 is 31.9 Å². The summed E-state index contributed by atoms with van der Waals surface area (Å²) in [5.41, 5.74) is 13.0. The van der Waals surface area contributed by atoms with Crippen LogP contribution in [0.25, 0.3) is 0 Å². The zero-order valence-corrected chi connectivity index (χ0v) is 30.8. The number of carbonyl (C=O) groups excluding carboxylic acids is 7. The highest BCUT2D eigenvalue weighted by Gasteiger charge is 2.49. The molecule has 0 radical (unpaired) electrons. The van der Waals surface area contributed by atoms with Crippen LogP contribution in [0.3, 0.4) is 0 Å². The average Bonchev–Trinajstić information content (AvgIpc) is 3.73. The molecule has 52 heavy (non-hydrogen) atoms. The molecule has 6 N–H and O–H groups in total. The lowest BCUT2D eigenvalue weighted by molar-refractivity contribution is -0.151. The van der Waals surface area contributed by atoms with Crippen LogP contribution in [0.2, 0.25) is 0 Å². The van der Waals surface area contributed by atoms with Crippen molar-refractivity contribution in [2.75, 3.05) is 18.6 Å². The first-order valence-electron chi connectivity index (χ1n) is 17.7. The van der Waals surface area contributed by atoms with Crippen LogP contribution in [-0.2, 0) is 46.4 Å². The Kier molecular flexibility index (Phi) is 14.4. The van der Waals surface area contributed by atoms with Crippen LogP contribution in [-0.4, -0.2) is 99.8 Å². The number of nitrogens with zero attached hydrogens (tertiary/aromatic N) is 2. The highest BCUT2D eigenvalue weighted by Crippen LogP contribution is 2.30. The van der Waals surface area contributed by atoms with Crippen LogP contribution < -0.4 is 22.1 Å². The van der Waals surface area contributed by atoms with E-state index in [0.29, 0.717) is 23.3 Å². The molecule has 0 unspecified atom stereocenters. The molecule has 2 aromatic carbocycles. The molecular weight excluding hydrogens is 685 g/mol. The molecule has 0 saturated carbocycles. The summed E-state index contributed by atoms with van der Waals surface area (Å²) in [6, 6.07) is 12.4. The summed E-state index contributed by atoms with van der Waals surface area (Å²) in [7, 11) is 0. The number of Topliss-reactive ketones (excluding diaryl/α,β-unsaturated/α-hetero) is 1. The second-order valence-corrected chi connectivity index (χ2v) is 14.9. The van der Waals surface area contributed by atoms with Gasteiger partial charge in [-0.3, -0.25) is 33.6 Å². The van der Waals surface area contributed by atoms with Gasteiger partial charge in [0.2, 0.25) is 35.4 Å². The van der Waals surface area contributed by atoms with Gasteiger partial charge in [-0.15, -0.1) is 0 Å². The number of amides is 6. The van der Waals surface area contributed by atoms with Gasteiger partial charge in [0, 0.05) is 25.8 Å². The number of rotatable bonds is 19. The van der Waals surface area contributed by atoms with E-state index >= 15 is 0 Å². The van der Waals surface area contributed by atoms with E-state index in [9.17, 15) is 33.6 Å². The number of ketones is 1. The van der Waals surface area contributed by atoms with E-state index in [4.69, 9.17) is 11.5 Å². The topological polar surface area (TPSA) is 202 Å². The number of carbonyl (C=O) groups is 7. The van der Waals surface area contributed by atoms with E-state index in [2.05, 4.69) is 10.6 Å². The Labute approximate surface area is 309 Å². The van der Waals surface area contributed by atoms with Crippen LogP contribution in [0.15, 0.2) is 60.7 Å². The smallest absolute Gasteiger partial charge is 0.246 e.